The smallest absolute Gasteiger partial charge is 0.328 e. The summed E-state index contributed by atoms with van der Waals surface area (Å²) >= 11 is 0. The Hall–Kier alpha value is -7.08. The Labute approximate surface area is 397 Å². The molecule has 0 bridgehead atoms. The van der Waals surface area contributed by atoms with Crippen molar-refractivity contribution in [3.63, 3.8) is 0 Å². The monoisotopic (exact) mass is 940 g/mol. The first-order chi connectivity index (χ1) is 33.0. The highest BCUT2D eigenvalue weighted by Crippen LogP contribution is 2.46. The lowest BCUT2D eigenvalue weighted by molar-refractivity contribution is -0.120. The molecule has 3 aliphatic heterocycles. The van der Waals surface area contributed by atoms with Crippen LogP contribution >= 0.6 is 0 Å². The van der Waals surface area contributed by atoms with Crippen molar-refractivity contribution in [2.75, 3.05) is 51.3 Å². The molecule has 17 heteroatoms. The number of fused-ring (bicyclic) bond motifs is 1. The number of H-pyrrole nitrogens is 1. The van der Waals surface area contributed by atoms with Crippen LogP contribution in [0.2, 0.25) is 0 Å². The molecule has 0 saturated carbocycles. The van der Waals surface area contributed by atoms with Gasteiger partial charge in [-0.25, -0.2) is 23.5 Å². The number of carbonyl (C=O) groups is 4. The molecule has 69 heavy (non-hydrogen) atoms. The van der Waals surface area contributed by atoms with Gasteiger partial charge in [-0.05, 0) is 129 Å². The number of hydrogen-bond donors (Lipinski definition) is 5. The summed E-state index contributed by atoms with van der Waals surface area (Å²) in [6, 6.07) is 19.7. The number of imide groups is 1. The molecule has 3 aliphatic rings. The first-order valence-corrected chi connectivity index (χ1v) is 23.0. The van der Waals surface area contributed by atoms with E-state index in [-0.39, 0.29) is 65.0 Å². The maximum atomic E-state index is 16.1. The molecule has 6 aromatic rings. The highest BCUT2D eigenvalue weighted by atomic mass is 19.1. The van der Waals surface area contributed by atoms with Gasteiger partial charge in [-0.15, -0.1) is 0 Å². The minimum absolute atomic E-state index is 0.0401. The van der Waals surface area contributed by atoms with Crippen molar-refractivity contribution in [3.05, 3.63) is 119 Å². The maximum Gasteiger partial charge on any atom is 0.328 e. The SMILES string of the molecule is COc1ccc(C(=O)N2CCC3(CCN(Cc4ccc(-c5cc6c(-c7cc(F)cc(-c8c(C(C)(C)O)ccc(C(N)=O)c8F)c7C)ncnc6[nH]5)cc4)CC3)C(CO)C2)cc1N1CCC(=O)NC1=O. The van der Waals surface area contributed by atoms with E-state index >= 15 is 8.78 Å². The number of ether oxygens (including phenoxy) is 1. The standard InChI is InChI=1S/C52H54F2N8O7/c1-29-36(44-39(51(2,3)68)11-10-35(45(44)54)47(55)65)22-34(53)23-37(29)46-38-24-40(58-48(38)57-28-56-46)31-7-5-30(6-8-31)25-60-18-14-52(15-19-60)16-20-61(26-33(52)27-63)49(66)32-9-12-42(69-4)41(21-32)62-17-13-43(64)59-50(62)67/h5-12,21-24,28,33,63,68H,13-20,25-27H2,1-4H3,(H2,55,65)(H,56,57,58)(H,59,64,67). The highest BCUT2D eigenvalue weighted by Gasteiger charge is 2.45. The van der Waals surface area contributed by atoms with Gasteiger partial charge in [0.05, 0.1) is 29.7 Å². The Morgan fingerprint density at radius 3 is 2.35 bits per heavy atom. The molecule has 2 aromatic heterocycles. The Kier molecular flexibility index (Phi) is 12.6. The van der Waals surface area contributed by atoms with E-state index in [1.807, 2.05) is 18.2 Å². The number of amides is 5. The number of nitrogens with one attached hydrogen (secondary N) is 2. The zero-order chi connectivity index (χ0) is 48.9. The molecule has 1 unspecified atom stereocenters. The summed E-state index contributed by atoms with van der Waals surface area (Å²) in [5.74, 6) is -2.85. The Morgan fingerprint density at radius 2 is 1.67 bits per heavy atom. The van der Waals surface area contributed by atoms with Crippen molar-refractivity contribution in [3.8, 4) is 39.4 Å². The van der Waals surface area contributed by atoms with Crippen LogP contribution in [-0.2, 0) is 16.9 Å². The number of anilines is 1. The van der Waals surface area contributed by atoms with E-state index in [1.54, 1.807) is 30.0 Å². The zero-order valence-electron chi connectivity index (χ0n) is 38.9. The van der Waals surface area contributed by atoms with Crippen LogP contribution in [0, 0.1) is 29.9 Å². The first-order valence-electron chi connectivity index (χ1n) is 23.0. The predicted octanol–water partition coefficient (Wildman–Crippen LogP) is 7.06. The summed E-state index contributed by atoms with van der Waals surface area (Å²) in [6.07, 6.45) is 4.04. The molecule has 3 saturated heterocycles. The van der Waals surface area contributed by atoms with Crippen molar-refractivity contribution >= 4 is 40.5 Å². The molecule has 3 fully saturated rings. The Balaban J connectivity index is 0.874. The number of aromatic amines is 1. The molecular weight excluding hydrogens is 887 g/mol. The maximum absolute atomic E-state index is 16.1. The fourth-order valence-electron chi connectivity index (χ4n) is 10.5. The summed E-state index contributed by atoms with van der Waals surface area (Å²) in [4.78, 5) is 68.5. The number of benzene rings is 4. The van der Waals surface area contributed by atoms with Gasteiger partial charge >= 0.3 is 6.03 Å². The largest absolute Gasteiger partial charge is 0.495 e. The molecule has 1 spiro atoms. The minimum Gasteiger partial charge on any atom is -0.495 e. The number of primary amides is 1. The molecular formula is C52H54F2N8O7. The normalized spacial score (nSPS) is 17.7. The van der Waals surface area contributed by atoms with Crippen molar-refractivity contribution in [2.45, 2.75) is 58.6 Å². The number of aliphatic hydroxyl groups excluding tert-OH is 1. The number of likely N-dealkylation sites (tertiary alicyclic amines) is 2. The van der Waals surface area contributed by atoms with E-state index in [0.717, 1.165) is 55.7 Å². The number of methoxy groups -OCH3 is 1. The van der Waals surface area contributed by atoms with Gasteiger partial charge in [-0.3, -0.25) is 29.5 Å². The molecule has 5 heterocycles. The number of urea groups is 1. The number of aliphatic hydroxyl groups is 2. The molecule has 0 aliphatic carbocycles. The van der Waals surface area contributed by atoms with Crippen LogP contribution < -0.4 is 20.7 Å². The summed E-state index contributed by atoms with van der Waals surface area (Å²) in [5, 5.41) is 24.6. The molecule has 0 radical (unpaired) electrons. The summed E-state index contributed by atoms with van der Waals surface area (Å²) < 4.78 is 37.2. The second-order valence-corrected chi connectivity index (χ2v) is 18.9. The highest BCUT2D eigenvalue weighted by molar-refractivity contribution is 6.07. The molecule has 6 N–H and O–H groups in total. The second-order valence-electron chi connectivity index (χ2n) is 18.9. The fraction of sp³-hybridized carbons (Fsp3) is 0.346. The van der Waals surface area contributed by atoms with Crippen molar-refractivity contribution < 1.29 is 42.9 Å². The van der Waals surface area contributed by atoms with Gasteiger partial charge in [0.15, 0.2) is 0 Å². The minimum atomic E-state index is -1.54. The predicted molar refractivity (Wildman–Crippen MR) is 255 cm³/mol. The number of piperidine rings is 2. The van der Waals surface area contributed by atoms with E-state index in [2.05, 4.69) is 37.3 Å². The molecule has 15 nitrogen and oxygen atoms in total. The summed E-state index contributed by atoms with van der Waals surface area (Å²) in [6.45, 7) is 8.16. The van der Waals surface area contributed by atoms with Gasteiger partial charge in [0.2, 0.25) is 5.91 Å². The van der Waals surface area contributed by atoms with Crippen molar-refractivity contribution in [1.82, 2.24) is 30.1 Å². The van der Waals surface area contributed by atoms with E-state index in [1.165, 1.54) is 56.4 Å². The number of nitrogens with two attached hydrogens (primary N) is 1. The van der Waals surface area contributed by atoms with Gasteiger partial charge in [-0.2, -0.15) is 0 Å². The summed E-state index contributed by atoms with van der Waals surface area (Å²) in [7, 11) is 1.49. The average molecular weight is 941 g/mol. The van der Waals surface area contributed by atoms with Gasteiger partial charge < -0.3 is 30.6 Å². The fourth-order valence-corrected chi connectivity index (χ4v) is 10.5. The number of halogens is 2. The topological polar surface area (TPSA) is 207 Å². The Morgan fingerprint density at radius 1 is 0.942 bits per heavy atom. The lowest BCUT2D eigenvalue weighted by Crippen LogP contribution is -2.54. The third-order valence-corrected chi connectivity index (χ3v) is 14.4. The van der Waals surface area contributed by atoms with Crippen molar-refractivity contribution in [1.29, 1.82) is 0 Å². The zero-order valence-corrected chi connectivity index (χ0v) is 38.9. The Bertz CT molecular complexity index is 3010. The van der Waals surface area contributed by atoms with Gasteiger partial charge in [0, 0.05) is 72.9 Å². The van der Waals surface area contributed by atoms with Gasteiger partial charge in [-0.1, -0.05) is 30.3 Å². The lowest BCUT2D eigenvalue weighted by atomic mass is 9.64. The number of aromatic nitrogens is 3. The third-order valence-electron chi connectivity index (χ3n) is 14.4. The second kappa shape index (κ2) is 18.4. The van der Waals surface area contributed by atoms with Crippen LogP contribution in [0.1, 0.15) is 76.9 Å². The first kappa shape index (κ1) is 47.0. The van der Waals surface area contributed by atoms with E-state index in [4.69, 9.17) is 10.5 Å². The van der Waals surface area contributed by atoms with Crippen LogP contribution in [0.3, 0.4) is 0 Å². The lowest BCUT2D eigenvalue weighted by Gasteiger charge is -2.51. The molecule has 4 aromatic carbocycles. The number of nitrogens with zero attached hydrogens (tertiary/aromatic N) is 5. The molecule has 9 rings (SSSR count). The number of carbonyl (C=O) groups excluding carboxylic acids is 4. The van der Waals surface area contributed by atoms with Gasteiger partial charge in [0.1, 0.15) is 29.4 Å². The van der Waals surface area contributed by atoms with E-state index in [9.17, 15) is 29.4 Å². The van der Waals surface area contributed by atoms with Crippen LogP contribution in [0.4, 0.5) is 19.3 Å². The third kappa shape index (κ3) is 8.93. The quantitative estimate of drug-likeness (QED) is 0.0894. The average Bonchev–Trinajstić information content (AvgIpc) is 3.77. The van der Waals surface area contributed by atoms with Crippen LogP contribution in [-0.4, -0.2) is 105 Å². The molecule has 1 atom stereocenters. The molecule has 358 valence electrons. The van der Waals surface area contributed by atoms with Crippen LogP contribution in [0.5, 0.6) is 5.75 Å². The molecule has 5 amide bonds. The van der Waals surface area contributed by atoms with Crippen LogP contribution in [0.25, 0.3) is 44.7 Å². The van der Waals surface area contributed by atoms with Crippen molar-refractivity contribution in [2.24, 2.45) is 17.1 Å². The summed E-state index contributed by atoms with van der Waals surface area (Å²) in [5.41, 5.74) is 8.99. The number of rotatable bonds is 11. The van der Waals surface area contributed by atoms with Gasteiger partial charge in [0.25, 0.3) is 11.8 Å². The van der Waals surface area contributed by atoms with E-state index < -0.39 is 29.2 Å². The number of hydrogen-bond acceptors (Lipinski definition) is 10. The van der Waals surface area contributed by atoms with E-state index in [0.29, 0.717) is 57.9 Å². The van der Waals surface area contributed by atoms with Crippen LogP contribution in [0.15, 0.2) is 79.1 Å².